The van der Waals surface area contributed by atoms with Gasteiger partial charge in [0.05, 0.1) is 22.0 Å². The number of rotatable bonds is 4. The smallest absolute Gasteiger partial charge is 0.129 e. The van der Waals surface area contributed by atoms with Crippen molar-refractivity contribution in [3.63, 3.8) is 0 Å². The summed E-state index contributed by atoms with van der Waals surface area (Å²) in [6.45, 7) is 0. The van der Waals surface area contributed by atoms with Crippen LogP contribution in [-0.4, -0.2) is 7.11 Å². The predicted octanol–water partition coefficient (Wildman–Crippen LogP) is 5.74. The molecule has 0 spiro atoms. The molecule has 1 aromatic heterocycles. The van der Waals surface area contributed by atoms with E-state index in [0.29, 0.717) is 10.0 Å². The summed E-state index contributed by atoms with van der Waals surface area (Å²) in [5, 5.41) is 3.18. The predicted molar refractivity (Wildman–Crippen MR) is 82.7 cm³/mol. The molecule has 2 rings (SSSR count). The Hall–Kier alpha value is -0.220. The lowest BCUT2D eigenvalue weighted by Crippen LogP contribution is -1.93. The van der Waals surface area contributed by atoms with Crippen LogP contribution in [-0.2, 0) is 6.42 Å². The topological polar surface area (TPSA) is 9.23 Å². The molecule has 0 N–H and O–H groups in total. The Morgan fingerprint density at radius 2 is 2.06 bits per heavy atom. The van der Waals surface area contributed by atoms with E-state index in [9.17, 15) is 0 Å². The van der Waals surface area contributed by atoms with E-state index in [1.807, 2.05) is 29.6 Å². The van der Waals surface area contributed by atoms with Crippen LogP contribution >= 0.6 is 50.5 Å². The van der Waals surface area contributed by atoms with E-state index >= 15 is 0 Å². The molecule has 1 heterocycles. The van der Waals surface area contributed by atoms with Crippen LogP contribution in [0.25, 0.3) is 0 Å². The summed E-state index contributed by atoms with van der Waals surface area (Å²) in [7, 11) is 1.67. The maximum Gasteiger partial charge on any atom is 0.129 e. The number of hydrogen-bond acceptors (Lipinski definition) is 2. The second-order valence-corrected chi connectivity index (χ2v) is 6.67. The fraction of sp³-hybridized carbons (Fsp3) is 0.231. The Labute approximate surface area is 129 Å². The first kappa shape index (κ1) is 14.2. The molecule has 0 aliphatic carbocycles. The summed E-state index contributed by atoms with van der Waals surface area (Å²) in [6, 6.07) is 7.77. The summed E-state index contributed by atoms with van der Waals surface area (Å²) in [5.74, 6) is 0.897. The highest BCUT2D eigenvalue weighted by Crippen LogP contribution is 2.35. The third-order valence-electron chi connectivity index (χ3n) is 2.54. The number of halogens is 3. The molecule has 0 aliphatic rings. The molecule has 18 heavy (non-hydrogen) atoms. The van der Waals surface area contributed by atoms with Crippen molar-refractivity contribution >= 4 is 50.5 Å². The molecule has 0 saturated heterocycles. The van der Waals surface area contributed by atoms with Crippen LogP contribution in [0.15, 0.2) is 29.6 Å². The van der Waals surface area contributed by atoms with Gasteiger partial charge in [0.15, 0.2) is 0 Å². The normalized spacial score (nSPS) is 12.4. The Kier molecular flexibility index (Phi) is 4.96. The fourth-order valence-corrected chi connectivity index (χ4v) is 3.56. The van der Waals surface area contributed by atoms with Crippen molar-refractivity contribution in [3.05, 3.63) is 50.1 Å². The highest BCUT2D eigenvalue weighted by atomic mass is 79.9. The van der Waals surface area contributed by atoms with Gasteiger partial charge in [0.1, 0.15) is 5.75 Å². The molecule has 1 nitrogen and oxygen atoms in total. The second kappa shape index (κ2) is 6.29. The van der Waals surface area contributed by atoms with Crippen molar-refractivity contribution in [2.75, 3.05) is 7.11 Å². The first-order valence-corrected chi connectivity index (χ1v) is 7.85. The van der Waals surface area contributed by atoms with Crippen molar-refractivity contribution in [1.82, 2.24) is 0 Å². The van der Waals surface area contributed by atoms with Crippen LogP contribution in [0, 0.1) is 0 Å². The van der Waals surface area contributed by atoms with Crippen molar-refractivity contribution in [2.24, 2.45) is 0 Å². The van der Waals surface area contributed by atoms with Crippen LogP contribution in [0.3, 0.4) is 0 Å². The molecule has 0 bridgehead atoms. The minimum Gasteiger partial charge on any atom is -0.496 e. The lowest BCUT2D eigenvalue weighted by atomic mass is 10.1. The van der Waals surface area contributed by atoms with Gasteiger partial charge in [-0.1, -0.05) is 45.2 Å². The zero-order valence-corrected chi connectivity index (χ0v) is 13.5. The first-order valence-electron chi connectivity index (χ1n) is 5.30. The summed E-state index contributed by atoms with van der Waals surface area (Å²) in [4.78, 5) is 1.49. The van der Waals surface area contributed by atoms with Gasteiger partial charge in [0.2, 0.25) is 0 Å². The van der Waals surface area contributed by atoms with Crippen LogP contribution in [0.5, 0.6) is 5.75 Å². The van der Waals surface area contributed by atoms with E-state index in [4.69, 9.17) is 27.9 Å². The van der Waals surface area contributed by atoms with Gasteiger partial charge in [-0.25, -0.2) is 0 Å². The molecule has 1 atom stereocenters. The SMILES string of the molecule is COc1csc(C(Br)Cc2ccc(Cl)c(Cl)c2)c1. The average molecular weight is 366 g/mol. The Balaban J connectivity index is 2.10. The molecule has 0 saturated carbocycles. The van der Waals surface area contributed by atoms with Gasteiger partial charge in [-0.05, 0) is 30.2 Å². The molecule has 0 amide bonds. The molecular formula is C13H11BrCl2OS. The Morgan fingerprint density at radius 3 is 2.67 bits per heavy atom. The summed E-state index contributed by atoms with van der Waals surface area (Å²) in [6.07, 6.45) is 0.862. The van der Waals surface area contributed by atoms with E-state index in [1.54, 1.807) is 18.4 Å². The Morgan fingerprint density at radius 1 is 1.28 bits per heavy atom. The quantitative estimate of drug-likeness (QED) is 0.627. The molecule has 5 heteroatoms. The van der Waals surface area contributed by atoms with E-state index in [0.717, 1.165) is 17.7 Å². The van der Waals surface area contributed by atoms with Gasteiger partial charge in [0, 0.05) is 10.3 Å². The van der Waals surface area contributed by atoms with E-state index < -0.39 is 0 Å². The van der Waals surface area contributed by atoms with Crippen molar-refractivity contribution < 1.29 is 4.74 Å². The highest BCUT2D eigenvalue weighted by molar-refractivity contribution is 9.09. The minimum absolute atomic E-state index is 0.253. The molecule has 0 radical (unpaired) electrons. The van der Waals surface area contributed by atoms with Gasteiger partial charge in [-0.2, -0.15) is 0 Å². The first-order chi connectivity index (χ1) is 8.60. The summed E-state index contributed by atoms with van der Waals surface area (Å²) < 4.78 is 5.18. The van der Waals surface area contributed by atoms with Gasteiger partial charge >= 0.3 is 0 Å². The summed E-state index contributed by atoms with van der Waals surface area (Å²) in [5.41, 5.74) is 1.15. The maximum absolute atomic E-state index is 6.01. The largest absolute Gasteiger partial charge is 0.496 e. The number of methoxy groups -OCH3 is 1. The van der Waals surface area contributed by atoms with Crippen LogP contribution in [0.2, 0.25) is 10.0 Å². The van der Waals surface area contributed by atoms with Gasteiger partial charge < -0.3 is 4.74 Å². The van der Waals surface area contributed by atoms with Crippen molar-refractivity contribution in [1.29, 1.82) is 0 Å². The molecule has 1 aromatic carbocycles. The number of hydrogen-bond donors (Lipinski definition) is 0. The minimum atomic E-state index is 0.253. The third-order valence-corrected chi connectivity index (χ3v) is 5.42. The van der Waals surface area contributed by atoms with E-state index in [2.05, 4.69) is 15.9 Å². The van der Waals surface area contributed by atoms with Gasteiger partial charge in [0.25, 0.3) is 0 Å². The second-order valence-electron chi connectivity index (χ2n) is 3.81. The molecule has 2 aromatic rings. The maximum atomic E-state index is 6.01. The number of alkyl halides is 1. The Bertz CT molecular complexity index is 542. The lowest BCUT2D eigenvalue weighted by molar-refractivity contribution is 0.416. The number of thiophene rings is 1. The van der Waals surface area contributed by atoms with Crippen LogP contribution in [0.1, 0.15) is 15.3 Å². The van der Waals surface area contributed by atoms with E-state index in [-0.39, 0.29) is 4.83 Å². The molecular weight excluding hydrogens is 355 g/mol. The van der Waals surface area contributed by atoms with Crippen molar-refractivity contribution in [3.8, 4) is 5.75 Å². The van der Waals surface area contributed by atoms with Crippen molar-refractivity contribution in [2.45, 2.75) is 11.2 Å². The van der Waals surface area contributed by atoms with Gasteiger partial charge in [-0.15, -0.1) is 11.3 Å². The zero-order valence-electron chi connectivity index (χ0n) is 9.62. The summed E-state index contributed by atoms with van der Waals surface area (Å²) >= 11 is 17.3. The zero-order chi connectivity index (χ0) is 13.1. The van der Waals surface area contributed by atoms with E-state index in [1.165, 1.54) is 4.88 Å². The molecule has 0 fully saturated rings. The molecule has 0 aliphatic heterocycles. The monoisotopic (exact) mass is 364 g/mol. The fourth-order valence-electron chi connectivity index (χ4n) is 1.58. The molecule has 96 valence electrons. The van der Waals surface area contributed by atoms with Crippen LogP contribution in [0.4, 0.5) is 0 Å². The molecule has 1 unspecified atom stereocenters. The number of ether oxygens (including phenoxy) is 1. The highest BCUT2D eigenvalue weighted by Gasteiger charge is 2.12. The number of benzene rings is 1. The average Bonchev–Trinajstić information content (AvgIpc) is 2.82. The lowest BCUT2D eigenvalue weighted by Gasteiger charge is -2.08. The van der Waals surface area contributed by atoms with Gasteiger partial charge in [-0.3, -0.25) is 0 Å². The third kappa shape index (κ3) is 3.41. The van der Waals surface area contributed by atoms with Crippen LogP contribution < -0.4 is 4.74 Å². The standard InChI is InChI=1S/C13H11BrCl2OS/c1-17-9-6-13(18-7-9)10(14)4-8-2-3-11(15)12(16)5-8/h2-3,5-7,10H,4H2,1H3.